The van der Waals surface area contributed by atoms with Gasteiger partial charge in [-0.25, -0.2) is 22.4 Å². The number of nitrogens with zero attached hydrogens (tertiary/aromatic N) is 1. The minimum Gasteiger partial charge on any atom is -0.405 e. The molecule has 6 N–H and O–H groups in total. The maximum Gasteiger partial charge on any atom is 0.319 e. The van der Waals surface area contributed by atoms with Crippen molar-refractivity contribution in [3.63, 3.8) is 0 Å². The summed E-state index contributed by atoms with van der Waals surface area (Å²) >= 11 is 0. The molecule has 1 aliphatic rings. The Bertz CT molecular complexity index is 1400. The minimum atomic E-state index is -1.30. The number of benzene rings is 2. The van der Waals surface area contributed by atoms with E-state index in [0.29, 0.717) is 11.4 Å². The van der Waals surface area contributed by atoms with Crippen molar-refractivity contribution in [1.29, 1.82) is 0 Å². The number of urea groups is 1. The number of fused-ring (bicyclic) bond motifs is 1. The number of nitrogens with two attached hydrogens (primary N) is 1. The van der Waals surface area contributed by atoms with Crippen LogP contribution in [0.15, 0.2) is 78.0 Å². The second-order valence-electron chi connectivity index (χ2n) is 8.24. The Balaban J connectivity index is 0.000000342. The number of aromatic nitrogens is 2. The fraction of sp³-hybridized carbons (Fsp3) is 0.192. The van der Waals surface area contributed by atoms with Gasteiger partial charge in [-0.05, 0) is 62.0 Å². The second kappa shape index (κ2) is 12.6. The molecule has 0 fully saturated rings. The molecule has 12 heteroatoms. The van der Waals surface area contributed by atoms with E-state index in [1.54, 1.807) is 31.3 Å². The fourth-order valence-corrected chi connectivity index (χ4v) is 3.70. The van der Waals surface area contributed by atoms with E-state index >= 15 is 0 Å². The van der Waals surface area contributed by atoms with E-state index in [1.165, 1.54) is 13.0 Å². The minimum absolute atomic E-state index is 0.127. The Morgan fingerprint density at radius 1 is 1.21 bits per heavy atom. The SMILES string of the molecule is C/C=C(/F)CC(F)/C=C/N.CC1=C(C(=O)Nc2ccc3[nH]ncc3c2)C(c2cc(F)cc(F)c2)NC(=O)N1. The summed E-state index contributed by atoms with van der Waals surface area (Å²) < 4.78 is 52.0. The molecule has 0 radical (unpaired) electrons. The van der Waals surface area contributed by atoms with E-state index < -0.39 is 41.6 Å². The van der Waals surface area contributed by atoms with Crippen molar-refractivity contribution in [2.45, 2.75) is 32.5 Å². The monoisotopic (exact) mass is 530 g/mol. The van der Waals surface area contributed by atoms with Crippen LogP contribution in [0.25, 0.3) is 10.9 Å². The molecule has 0 saturated carbocycles. The maximum absolute atomic E-state index is 13.7. The van der Waals surface area contributed by atoms with Crippen molar-refractivity contribution in [3.8, 4) is 0 Å². The van der Waals surface area contributed by atoms with E-state index in [0.717, 1.165) is 41.4 Å². The summed E-state index contributed by atoms with van der Waals surface area (Å²) in [5.41, 5.74) is 6.78. The zero-order chi connectivity index (χ0) is 27.8. The lowest BCUT2D eigenvalue weighted by Crippen LogP contribution is -2.46. The molecule has 2 heterocycles. The predicted octanol–water partition coefficient (Wildman–Crippen LogP) is 5.17. The number of carbonyl (C=O) groups is 2. The van der Waals surface area contributed by atoms with Gasteiger partial charge in [-0.2, -0.15) is 5.10 Å². The number of anilines is 1. The molecule has 1 aromatic heterocycles. The Hall–Kier alpha value is -4.61. The molecule has 0 bridgehead atoms. The normalized spacial score (nSPS) is 16.5. The summed E-state index contributed by atoms with van der Waals surface area (Å²) in [6, 6.07) is 6.51. The number of halogens is 4. The third-order valence-corrected chi connectivity index (χ3v) is 5.45. The number of amides is 3. The molecule has 2 unspecified atom stereocenters. The zero-order valence-electron chi connectivity index (χ0n) is 20.5. The number of aromatic amines is 1. The summed E-state index contributed by atoms with van der Waals surface area (Å²) in [5, 5.41) is 15.4. The van der Waals surface area contributed by atoms with Gasteiger partial charge >= 0.3 is 6.03 Å². The van der Waals surface area contributed by atoms with Gasteiger partial charge in [0.15, 0.2) is 0 Å². The van der Waals surface area contributed by atoms with Crippen LogP contribution in [0.4, 0.5) is 28.0 Å². The molecule has 200 valence electrons. The highest BCUT2D eigenvalue weighted by Crippen LogP contribution is 2.29. The number of carbonyl (C=O) groups excluding carboxylic acids is 2. The summed E-state index contributed by atoms with van der Waals surface area (Å²) in [4.78, 5) is 24.8. The number of allylic oxidation sites excluding steroid dienone is 4. The number of nitrogens with one attached hydrogen (secondary N) is 4. The molecular formula is C26H26F4N6O2. The maximum atomic E-state index is 13.7. The van der Waals surface area contributed by atoms with Crippen molar-refractivity contribution in [3.05, 3.63) is 95.2 Å². The van der Waals surface area contributed by atoms with Crippen molar-refractivity contribution in [2.24, 2.45) is 5.73 Å². The lowest BCUT2D eigenvalue weighted by molar-refractivity contribution is -0.113. The van der Waals surface area contributed by atoms with Gasteiger partial charge in [0.1, 0.15) is 17.8 Å². The van der Waals surface area contributed by atoms with E-state index in [4.69, 9.17) is 5.73 Å². The quantitative estimate of drug-likeness (QED) is 0.282. The molecule has 2 atom stereocenters. The van der Waals surface area contributed by atoms with Gasteiger partial charge in [-0.3, -0.25) is 9.89 Å². The largest absolute Gasteiger partial charge is 0.405 e. The smallest absolute Gasteiger partial charge is 0.319 e. The third kappa shape index (κ3) is 7.21. The average Bonchev–Trinajstić information content (AvgIpc) is 3.31. The van der Waals surface area contributed by atoms with Gasteiger partial charge in [0.2, 0.25) is 0 Å². The Kier molecular flexibility index (Phi) is 9.25. The van der Waals surface area contributed by atoms with Gasteiger partial charge in [0.05, 0.1) is 29.2 Å². The van der Waals surface area contributed by atoms with Crippen LogP contribution in [0.1, 0.15) is 31.9 Å². The van der Waals surface area contributed by atoms with Crippen molar-refractivity contribution in [1.82, 2.24) is 20.8 Å². The standard InChI is InChI=1S/C19H15F2N5O2.C7H11F2N/c1-9-16(18(27)24-14-2-3-15-11(6-14)8-22-26-15)17(25-19(28)23-9)10-4-12(20)7-13(21)5-10;1-2-6(8)5-7(9)3-4-10/h2-8,17H,1H3,(H,22,26)(H,24,27)(H2,23,25,28);2-4,7H,5,10H2,1H3/b;4-3+,6-2+. The highest BCUT2D eigenvalue weighted by Gasteiger charge is 2.31. The molecule has 8 nitrogen and oxygen atoms in total. The summed E-state index contributed by atoms with van der Waals surface area (Å²) in [6.45, 7) is 3.07. The number of hydrogen-bond acceptors (Lipinski definition) is 4. The van der Waals surface area contributed by atoms with Gasteiger partial charge in [0, 0.05) is 29.3 Å². The summed E-state index contributed by atoms with van der Waals surface area (Å²) in [7, 11) is 0. The van der Waals surface area contributed by atoms with E-state index in [9.17, 15) is 27.2 Å². The number of H-pyrrole nitrogens is 1. The van der Waals surface area contributed by atoms with Crippen LogP contribution in [0.3, 0.4) is 0 Å². The molecular weight excluding hydrogens is 504 g/mol. The summed E-state index contributed by atoms with van der Waals surface area (Å²) in [5.74, 6) is -2.57. The molecule has 38 heavy (non-hydrogen) atoms. The molecule has 3 aromatic rings. The lowest BCUT2D eigenvalue weighted by atomic mass is 9.94. The van der Waals surface area contributed by atoms with Crippen molar-refractivity contribution in [2.75, 3.05) is 5.32 Å². The number of alkyl halides is 1. The Labute approximate surface area is 215 Å². The predicted molar refractivity (Wildman–Crippen MR) is 136 cm³/mol. The zero-order valence-corrected chi connectivity index (χ0v) is 20.5. The lowest BCUT2D eigenvalue weighted by Gasteiger charge is -2.28. The van der Waals surface area contributed by atoms with E-state index in [2.05, 4.69) is 26.1 Å². The molecule has 2 aromatic carbocycles. The first-order chi connectivity index (χ1) is 18.1. The molecule has 0 aliphatic carbocycles. The molecule has 1 aliphatic heterocycles. The third-order valence-electron chi connectivity index (χ3n) is 5.45. The topological polar surface area (TPSA) is 125 Å². The van der Waals surface area contributed by atoms with Crippen LogP contribution in [0.2, 0.25) is 0 Å². The average molecular weight is 531 g/mol. The van der Waals surface area contributed by atoms with Gasteiger partial charge in [-0.1, -0.05) is 6.08 Å². The second-order valence-corrected chi connectivity index (χ2v) is 8.24. The fourth-order valence-electron chi connectivity index (χ4n) is 3.70. The highest BCUT2D eigenvalue weighted by atomic mass is 19.1. The number of hydrogen-bond donors (Lipinski definition) is 5. The van der Waals surface area contributed by atoms with Crippen LogP contribution < -0.4 is 21.7 Å². The van der Waals surface area contributed by atoms with E-state index in [-0.39, 0.29) is 17.6 Å². The first-order valence-corrected chi connectivity index (χ1v) is 11.4. The highest BCUT2D eigenvalue weighted by molar-refractivity contribution is 6.07. The van der Waals surface area contributed by atoms with Crippen LogP contribution in [-0.2, 0) is 4.79 Å². The van der Waals surface area contributed by atoms with Crippen molar-refractivity contribution >= 4 is 28.5 Å². The van der Waals surface area contributed by atoms with Crippen LogP contribution in [0.5, 0.6) is 0 Å². The molecule has 3 amide bonds. The Morgan fingerprint density at radius 3 is 2.58 bits per heavy atom. The van der Waals surface area contributed by atoms with Gasteiger partial charge < -0.3 is 21.7 Å². The first-order valence-electron chi connectivity index (χ1n) is 11.4. The van der Waals surface area contributed by atoms with Gasteiger partial charge in [0.25, 0.3) is 5.91 Å². The molecule has 0 saturated heterocycles. The van der Waals surface area contributed by atoms with Crippen LogP contribution in [0, 0.1) is 11.6 Å². The van der Waals surface area contributed by atoms with Crippen LogP contribution >= 0.6 is 0 Å². The first kappa shape index (κ1) is 28.0. The van der Waals surface area contributed by atoms with E-state index in [1.807, 2.05) is 0 Å². The number of rotatable bonds is 6. The van der Waals surface area contributed by atoms with Crippen molar-refractivity contribution < 1.29 is 27.2 Å². The van der Waals surface area contributed by atoms with Gasteiger partial charge in [-0.15, -0.1) is 0 Å². The molecule has 0 spiro atoms. The molecule has 4 rings (SSSR count). The Morgan fingerprint density at radius 2 is 1.92 bits per heavy atom. The summed E-state index contributed by atoms with van der Waals surface area (Å²) in [6.07, 6.45) is 3.52. The van der Waals surface area contributed by atoms with Crippen LogP contribution in [-0.4, -0.2) is 28.3 Å².